The maximum absolute atomic E-state index is 5.56. The summed E-state index contributed by atoms with van der Waals surface area (Å²) in [5.41, 5.74) is 0.705. The van der Waals surface area contributed by atoms with Crippen molar-refractivity contribution in [1.82, 2.24) is 15.0 Å². The van der Waals surface area contributed by atoms with Crippen LogP contribution < -0.4 is 0 Å². The maximum Gasteiger partial charge on any atom is 0.204 e. The molecular formula is C14H27N3O3. The van der Waals surface area contributed by atoms with Crippen molar-refractivity contribution in [2.45, 2.75) is 47.0 Å². The second-order valence-corrected chi connectivity index (χ2v) is 4.94. The molecule has 0 aliphatic carbocycles. The summed E-state index contributed by atoms with van der Waals surface area (Å²) in [6.45, 7) is 11.5. The van der Waals surface area contributed by atoms with E-state index in [1.165, 1.54) is 0 Å². The van der Waals surface area contributed by atoms with Crippen molar-refractivity contribution in [3.05, 3.63) is 11.9 Å². The van der Waals surface area contributed by atoms with Crippen LogP contribution in [-0.4, -0.2) is 41.4 Å². The lowest BCUT2D eigenvalue weighted by atomic mass is 10.1. The van der Waals surface area contributed by atoms with Gasteiger partial charge in [0.05, 0.1) is 19.3 Å². The molecule has 1 heterocycles. The summed E-state index contributed by atoms with van der Waals surface area (Å²) in [6, 6.07) is 0. The molecule has 0 aromatic carbocycles. The van der Waals surface area contributed by atoms with E-state index in [4.69, 9.17) is 14.2 Å². The molecule has 0 atom stereocenters. The van der Waals surface area contributed by atoms with Crippen LogP contribution in [0.15, 0.2) is 6.20 Å². The Balaban J connectivity index is 2.34. The Labute approximate surface area is 121 Å². The minimum atomic E-state index is -0.430. The van der Waals surface area contributed by atoms with Gasteiger partial charge in [0.2, 0.25) is 6.29 Å². The third-order valence-corrected chi connectivity index (χ3v) is 2.74. The molecule has 1 aromatic rings. The number of aromatic nitrogens is 3. The van der Waals surface area contributed by atoms with E-state index in [-0.39, 0.29) is 0 Å². The summed E-state index contributed by atoms with van der Waals surface area (Å²) in [5.74, 6) is 0.672. The van der Waals surface area contributed by atoms with E-state index in [1.54, 1.807) is 4.68 Å². The first-order valence-electron chi connectivity index (χ1n) is 7.38. The first-order chi connectivity index (χ1) is 9.67. The second kappa shape index (κ2) is 9.85. The van der Waals surface area contributed by atoms with E-state index in [0.29, 0.717) is 38.0 Å². The van der Waals surface area contributed by atoms with E-state index in [0.717, 1.165) is 13.0 Å². The van der Waals surface area contributed by atoms with Crippen LogP contribution in [-0.2, 0) is 20.8 Å². The summed E-state index contributed by atoms with van der Waals surface area (Å²) in [7, 11) is 0. The first kappa shape index (κ1) is 17.1. The highest BCUT2D eigenvalue weighted by Crippen LogP contribution is 2.15. The highest BCUT2D eigenvalue weighted by Gasteiger charge is 2.15. The van der Waals surface area contributed by atoms with Crippen LogP contribution in [0.2, 0.25) is 0 Å². The van der Waals surface area contributed by atoms with Gasteiger partial charge < -0.3 is 14.2 Å². The topological polar surface area (TPSA) is 58.4 Å². The van der Waals surface area contributed by atoms with Crippen LogP contribution in [0.1, 0.15) is 46.1 Å². The molecule has 0 saturated heterocycles. The maximum atomic E-state index is 5.56. The van der Waals surface area contributed by atoms with E-state index >= 15 is 0 Å². The molecule has 0 radical (unpaired) electrons. The van der Waals surface area contributed by atoms with Crippen LogP contribution >= 0.6 is 0 Å². The fraction of sp³-hybridized carbons (Fsp3) is 0.857. The third-order valence-electron chi connectivity index (χ3n) is 2.74. The van der Waals surface area contributed by atoms with Gasteiger partial charge in [-0.1, -0.05) is 19.1 Å². The summed E-state index contributed by atoms with van der Waals surface area (Å²) in [4.78, 5) is 0. The Morgan fingerprint density at radius 1 is 1.15 bits per heavy atom. The average molecular weight is 285 g/mol. The van der Waals surface area contributed by atoms with Gasteiger partial charge in [0.1, 0.15) is 5.69 Å². The van der Waals surface area contributed by atoms with Gasteiger partial charge in [-0.15, -0.1) is 5.10 Å². The van der Waals surface area contributed by atoms with Crippen LogP contribution in [0.4, 0.5) is 0 Å². The lowest BCUT2D eigenvalue weighted by molar-refractivity contribution is -0.142. The lowest BCUT2D eigenvalue weighted by Gasteiger charge is -2.13. The molecule has 0 fully saturated rings. The zero-order valence-electron chi connectivity index (χ0n) is 13.0. The molecule has 116 valence electrons. The van der Waals surface area contributed by atoms with Crippen molar-refractivity contribution in [2.75, 3.05) is 26.4 Å². The minimum absolute atomic E-state index is 0.430. The standard InChI is InChI=1S/C14H27N3O3/c1-5-19-14(20-6-2)13-11-17(16-15-13)8-10-18-9-7-12(3)4/h11-12,14H,5-10H2,1-4H3. The van der Waals surface area contributed by atoms with Crippen LogP contribution in [0.3, 0.4) is 0 Å². The molecule has 0 aliphatic rings. The van der Waals surface area contributed by atoms with E-state index < -0.39 is 6.29 Å². The van der Waals surface area contributed by atoms with Gasteiger partial charge in [-0.05, 0) is 26.2 Å². The molecule has 6 nitrogen and oxygen atoms in total. The second-order valence-electron chi connectivity index (χ2n) is 4.94. The molecule has 0 unspecified atom stereocenters. The monoisotopic (exact) mass is 285 g/mol. The number of hydrogen-bond acceptors (Lipinski definition) is 5. The summed E-state index contributed by atoms with van der Waals surface area (Å²) < 4.78 is 18.3. The quantitative estimate of drug-likeness (QED) is 0.461. The molecular weight excluding hydrogens is 258 g/mol. The van der Waals surface area contributed by atoms with Crippen molar-refractivity contribution in [3.8, 4) is 0 Å². The van der Waals surface area contributed by atoms with Crippen LogP contribution in [0.5, 0.6) is 0 Å². The van der Waals surface area contributed by atoms with Gasteiger partial charge in [-0.25, -0.2) is 4.68 Å². The molecule has 1 rings (SSSR count). The van der Waals surface area contributed by atoms with Crippen molar-refractivity contribution >= 4 is 0 Å². The Hall–Kier alpha value is -0.980. The molecule has 0 amide bonds. The third kappa shape index (κ3) is 6.45. The van der Waals surface area contributed by atoms with Gasteiger partial charge in [-0.3, -0.25) is 0 Å². The molecule has 0 saturated carbocycles. The summed E-state index contributed by atoms with van der Waals surface area (Å²) >= 11 is 0. The van der Waals surface area contributed by atoms with Crippen molar-refractivity contribution in [3.63, 3.8) is 0 Å². The summed E-state index contributed by atoms with van der Waals surface area (Å²) in [6.07, 6.45) is 2.50. The zero-order chi connectivity index (χ0) is 14.8. The van der Waals surface area contributed by atoms with E-state index in [2.05, 4.69) is 24.2 Å². The fourth-order valence-electron chi connectivity index (χ4n) is 1.63. The number of hydrogen-bond donors (Lipinski definition) is 0. The van der Waals surface area contributed by atoms with Gasteiger partial charge in [0.15, 0.2) is 0 Å². The fourth-order valence-corrected chi connectivity index (χ4v) is 1.63. The molecule has 1 aromatic heterocycles. The van der Waals surface area contributed by atoms with Crippen LogP contribution in [0, 0.1) is 5.92 Å². The molecule has 0 bridgehead atoms. The number of nitrogens with zero attached hydrogens (tertiary/aromatic N) is 3. The highest BCUT2D eigenvalue weighted by atomic mass is 16.7. The SMILES string of the molecule is CCOC(OCC)c1cn(CCOCCC(C)C)nn1. The summed E-state index contributed by atoms with van der Waals surface area (Å²) in [5, 5.41) is 8.15. The Kier molecular flexibility index (Phi) is 8.41. The zero-order valence-corrected chi connectivity index (χ0v) is 13.0. The van der Waals surface area contributed by atoms with E-state index in [1.807, 2.05) is 20.0 Å². The van der Waals surface area contributed by atoms with Gasteiger partial charge in [0.25, 0.3) is 0 Å². The van der Waals surface area contributed by atoms with Gasteiger partial charge >= 0.3 is 0 Å². The smallest absolute Gasteiger partial charge is 0.204 e. The van der Waals surface area contributed by atoms with E-state index in [9.17, 15) is 0 Å². The molecule has 0 N–H and O–H groups in total. The first-order valence-corrected chi connectivity index (χ1v) is 7.38. The van der Waals surface area contributed by atoms with Gasteiger partial charge in [-0.2, -0.15) is 0 Å². The number of rotatable bonds is 11. The Morgan fingerprint density at radius 2 is 1.85 bits per heavy atom. The normalized spacial score (nSPS) is 11.7. The largest absolute Gasteiger partial charge is 0.380 e. The van der Waals surface area contributed by atoms with Crippen molar-refractivity contribution < 1.29 is 14.2 Å². The Morgan fingerprint density at radius 3 is 2.45 bits per heavy atom. The molecule has 0 aliphatic heterocycles. The molecule has 6 heteroatoms. The minimum Gasteiger partial charge on any atom is -0.380 e. The number of ether oxygens (including phenoxy) is 3. The predicted octanol–water partition coefficient (Wildman–Crippen LogP) is 2.41. The molecule has 20 heavy (non-hydrogen) atoms. The van der Waals surface area contributed by atoms with Gasteiger partial charge in [0, 0.05) is 19.8 Å². The van der Waals surface area contributed by atoms with Crippen molar-refractivity contribution in [2.24, 2.45) is 5.92 Å². The molecule has 0 spiro atoms. The van der Waals surface area contributed by atoms with Crippen LogP contribution in [0.25, 0.3) is 0 Å². The van der Waals surface area contributed by atoms with Crippen molar-refractivity contribution in [1.29, 1.82) is 0 Å². The average Bonchev–Trinajstić information content (AvgIpc) is 2.86. The highest BCUT2D eigenvalue weighted by molar-refractivity contribution is 4.94. The predicted molar refractivity (Wildman–Crippen MR) is 76.3 cm³/mol. The lowest BCUT2D eigenvalue weighted by Crippen LogP contribution is -2.10. The Bertz CT molecular complexity index is 349.